The van der Waals surface area contributed by atoms with E-state index < -0.39 is 35.7 Å². The van der Waals surface area contributed by atoms with Gasteiger partial charge in [-0.15, -0.1) is 0 Å². The Balaban J connectivity index is 1.89. The van der Waals surface area contributed by atoms with Crippen molar-refractivity contribution in [1.82, 2.24) is 9.55 Å². The van der Waals surface area contributed by atoms with Crippen molar-refractivity contribution < 1.29 is 19.4 Å². The van der Waals surface area contributed by atoms with Crippen LogP contribution < -0.4 is 11.2 Å². The zero-order chi connectivity index (χ0) is 17.3. The molecular weight excluding hydrogens is 431 g/mol. The highest BCUT2D eigenvalue weighted by molar-refractivity contribution is 14.1. The lowest BCUT2D eigenvalue weighted by Crippen LogP contribution is -2.40. The first-order chi connectivity index (χ1) is 11.5. The Morgan fingerprint density at radius 2 is 2.04 bits per heavy atom. The minimum Gasteiger partial charge on any atom is -0.451 e. The Kier molecular flexibility index (Phi) is 4.83. The average molecular weight is 444 g/mol. The van der Waals surface area contributed by atoms with E-state index in [9.17, 15) is 19.5 Å². The quantitative estimate of drug-likeness (QED) is 0.519. The molecule has 2 N–H and O–H groups in total. The van der Waals surface area contributed by atoms with Gasteiger partial charge in [0.25, 0.3) is 5.56 Å². The molecule has 2 aromatic rings. The number of rotatable bonds is 3. The maximum atomic E-state index is 12.2. The van der Waals surface area contributed by atoms with Gasteiger partial charge in [0, 0.05) is 6.20 Å². The van der Waals surface area contributed by atoms with Crippen LogP contribution in [0.3, 0.4) is 0 Å². The second-order valence-corrected chi connectivity index (χ2v) is 6.33. The maximum Gasteiger partial charge on any atom is 0.338 e. The second-order valence-electron chi connectivity index (χ2n) is 5.17. The zero-order valence-corrected chi connectivity index (χ0v) is 14.4. The SMILES string of the molecule is O=C(O[C@H]1[C@H](n2cc(I)c(=O)[nH]c2=O)OC[C@@H]1O)c1ccccc1. The van der Waals surface area contributed by atoms with Crippen LogP contribution >= 0.6 is 22.6 Å². The molecule has 3 atom stereocenters. The van der Waals surface area contributed by atoms with Crippen molar-refractivity contribution in [3.05, 3.63) is 66.5 Å². The summed E-state index contributed by atoms with van der Waals surface area (Å²) < 4.78 is 12.1. The molecule has 1 aromatic heterocycles. The van der Waals surface area contributed by atoms with Crippen LogP contribution in [-0.4, -0.2) is 39.4 Å². The van der Waals surface area contributed by atoms with E-state index in [4.69, 9.17) is 9.47 Å². The van der Waals surface area contributed by atoms with E-state index in [1.165, 1.54) is 6.20 Å². The summed E-state index contributed by atoms with van der Waals surface area (Å²) >= 11 is 1.77. The number of ether oxygens (including phenoxy) is 2. The van der Waals surface area contributed by atoms with E-state index in [-0.39, 0.29) is 10.2 Å². The van der Waals surface area contributed by atoms with Crippen molar-refractivity contribution in [3.63, 3.8) is 0 Å². The third-order valence-corrected chi connectivity index (χ3v) is 4.32. The van der Waals surface area contributed by atoms with Gasteiger partial charge in [0.05, 0.1) is 15.7 Å². The molecule has 3 rings (SSSR count). The minimum absolute atomic E-state index is 0.0977. The largest absolute Gasteiger partial charge is 0.451 e. The van der Waals surface area contributed by atoms with Crippen LogP contribution in [0.25, 0.3) is 0 Å². The smallest absolute Gasteiger partial charge is 0.338 e. The van der Waals surface area contributed by atoms with Gasteiger partial charge in [-0.05, 0) is 34.7 Å². The molecule has 0 amide bonds. The number of carbonyl (C=O) groups is 1. The maximum absolute atomic E-state index is 12.2. The van der Waals surface area contributed by atoms with E-state index in [0.717, 1.165) is 4.57 Å². The summed E-state index contributed by atoms with van der Waals surface area (Å²) in [4.78, 5) is 37.8. The van der Waals surface area contributed by atoms with Crippen LogP contribution in [0.1, 0.15) is 16.6 Å². The second kappa shape index (κ2) is 6.87. The summed E-state index contributed by atoms with van der Waals surface area (Å²) in [7, 11) is 0. The highest BCUT2D eigenvalue weighted by atomic mass is 127. The fourth-order valence-electron chi connectivity index (χ4n) is 2.37. The summed E-state index contributed by atoms with van der Waals surface area (Å²) in [5, 5.41) is 10.0. The van der Waals surface area contributed by atoms with Crippen molar-refractivity contribution in [1.29, 1.82) is 0 Å². The van der Waals surface area contributed by atoms with Crippen LogP contribution in [0.4, 0.5) is 0 Å². The fourth-order valence-corrected chi connectivity index (χ4v) is 2.80. The summed E-state index contributed by atoms with van der Waals surface area (Å²) in [6.07, 6.45) is -1.88. The highest BCUT2D eigenvalue weighted by Gasteiger charge is 2.41. The predicted molar refractivity (Wildman–Crippen MR) is 90.7 cm³/mol. The minimum atomic E-state index is -1.08. The van der Waals surface area contributed by atoms with E-state index in [2.05, 4.69) is 4.98 Å². The molecule has 24 heavy (non-hydrogen) atoms. The third-order valence-electron chi connectivity index (χ3n) is 3.55. The van der Waals surface area contributed by atoms with Gasteiger partial charge in [-0.2, -0.15) is 0 Å². The molecule has 0 spiro atoms. The number of aromatic nitrogens is 2. The van der Waals surface area contributed by atoms with E-state index in [0.29, 0.717) is 5.56 Å². The first-order valence-corrected chi connectivity index (χ1v) is 8.12. The lowest BCUT2D eigenvalue weighted by atomic mass is 10.2. The molecule has 1 saturated heterocycles. The topological polar surface area (TPSA) is 111 Å². The van der Waals surface area contributed by atoms with E-state index in [1.54, 1.807) is 52.9 Å². The number of hydrogen-bond donors (Lipinski definition) is 2. The number of halogens is 1. The molecule has 0 radical (unpaired) electrons. The van der Waals surface area contributed by atoms with Crippen molar-refractivity contribution in [2.24, 2.45) is 0 Å². The molecule has 1 aliphatic rings. The lowest BCUT2D eigenvalue weighted by molar-refractivity contribution is -0.0437. The number of carbonyl (C=O) groups excluding carboxylic acids is 1. The van der Waals surface area contributed by atoms with Gasteiger partial charge in [-0.1, -0.05) is 18.2 Å². The van der Waals surface area contributed by atoms with Crippen molar-refractivity contribution in [3.8, 4) is 0 Å². The molecule has 1 aromatic carbocycles. The zero-order valence-electron chi connectivity index (χ0n) is 12.2. The number of nitrogens with one attached hydrogen (secondary N) is 1. The summed E-state index contributed by atoms with van der Waals surface area (Å²) in [5.74, 6) is -0.637. The molecule has 2 heterocycles. The van der Waals surface area contributed by atoms with Crippen molar-refractivity contribution in [2.75, 3.05) is 6.61 Å². The van der Waals surface area contributed by atoms with Crippen LogP contribution in [0.2, 0.25) is 0 Å². The Labute approximate surface area is 149 Å². The molecule has 0 unspecified atom stereocenters. The summed E-state index contributed by atoms with van der Waals surface area (Å²) in [6.45, 7) is -0.0977. The highest BCUT2D eigenvalue weighted by Crippen LogP contribution is 2.26. The van der Waals surface area contributed by atoms with E-state index >= 15 is 0 Å². The van der Waals surface area contributed by atoms with Crippen molar-refractivity contribution in [2.45, 2.75) is 18.4 Å². The molecule has 0 saturated carbocycles. The molecule has 0 aliphatic carbocycles. The molecule has 0 bridgehead atoms. The predicted octanol–water partition coefficient (Wildman–Crippen LogP) is 0.256. The van der Waals surface area contributed by atoms with Crippen LogP contribution in [-0.2, 0) is 9.47 Å². The van der Waals surface area contributed by atoms with Crippen LogP contribution in [0, 0.1) is 3.57 Å². The Bertz CT molecular complexity index is 862. The Morgan fingerprint density at radius 3 is 2.75 bits per heavy atom. The first-order valence-electron chi connectivity index (χ1n) is 7.04. The van der Waals surface area contributed by atoms with E-state index in [1.807, 2.05) is 0 Å². The molecule has 126 valence electrons. The molecule has 1 fully saturated rings. The van der Waals surface area contributed by atoms with Crippen LogP contribution in [0.15, 0.2) is 46.1 Å². The number of esters is 1. The molecule has 8 nitrogen and oxygen atoms in total. The Hall–Kier alpha value is -1.98. The number of aliphatic hydroxyl groups is 1. The lowest BCUT2D eigenvalue weighted by Gasteiger charge is -2.22. The number of benzene rings is 1. The number of H-pyrrole nitrogens is 1. The normalized spacial score (nSPS) is 23.2. The fraction of sp³-hybridized carbons (Fsp3) is 0.267. The molecular formula is C15H13IN2O6. The number of nitrogens with zero attached hydrogens (tertiary/aromatic N) is 1. The van der Waals surface area contributed by atoms with Gasteiger partial charge in [-0.3, -0.25) is 14.3 Å². The van der Waals surface area contributed by atoms with Crippen molar-refractivity contribution >= 4 is 28.6 Å². The van der Waals surface area contributed by atoms with Gasteiger partial charge in [-0.25, -0.2) is 9.59 Å². The third kappa shape index (κ3) is 3.28. The number of aromatic amines is 1. The van der Waals surface area contributed by atoms with Crippen LogP contribution in [0.5, 0.6) is 0 Å². The number of aliphatic hydroxyl groups excluding tert-OH is 1. The van der Waals surface area contributed by atoms with Gasteiger partial charge in [0.2, 0.25) is 0 Å². The summed E-state index contributed by atoms with van der Waals surface area (Å²) in [6, 6.07) is 8.28. The number of hydrogen-bond acceptors (Lipinski definition) is 6. The summed E-state index contributed by atoms with van der Waals surface area (Å²) in [5.41, 5.74) is -0.910. The van der Waals surface area contributed by atoms with Gasteiger partial charge < -0.3 is 14.6 Å². The molecule has 9 heteroatoms. The average Bonchev–Trinajstić information content (AvgIpc) is 2.92. The first kappa shape index (κ1) is 16.9. The van der Waals surface area contributed by atoms with Gasteiger partial charge in [0.1, 0.15) is 6.10 Å². The standard InChI is InChI=1S/C15H13IN2O6/c16-9-6-18(15(22)17-12(9)20)13-11(10(19)7-23-13)24-14(21)8-4-2-1-3-5-8/h1-6,10-11,13,19H,7H2,(H,17,20,22)/t10-,11+,13+/m0/s1. The van der Waals surface area contributed by atoms with Gasteiger partial charge in [0.15, 0.2) is 12.3 Å². The monoisotopic (exact) mass is 444 g/mol. The Morgan fingerprint density at radius 1 is 1.33 bits per heavy atom. The molecule has 1 aliphatic heterocycles. The van der Waals surface area contributed by atoms with Gasteiger partial charge >= 0.3 is 11.7 Å².